The van der Waals surface area contributed by atoms with Gasteiger partial charge in [-0.15, -0.1) is 5.10 Å². The van der Waals surface area contributed by atoms with E-state index in [1.807, 2.05) is 6.92 Å². The topological polar surface area (TPSA) is 80.9 Å². The van der Waals surface area contributed by atoms with E-state index >= 15 is 0 Å². The van der Waals surface area contributed by atoms with Crippen LogP contribution >= 0.6 is 0 Å². The second-order valence-electron chi connectivity index (χ2n) is 3.39. The van der Waals surface area contributed by atoms with Crippen LogP contribution in [-0.2, 0) is 0 Å². The van der Waals surface area contributed by atoms with Gasteiger partial charge in [-0.1, -0.05) is 0 Å². The number of nitrogens with zero attached hydrogens (tertiary/aromatic N) is 4. The fourth-order valence-corrected chi connectivity index (χ4v) is 1.36. The molecule has 0 fully saturated rings. The van der Waals surface area contributed by atoms with Crippen molar-refractivity contribution < 1.29 is 9.90 Å². The molecule has 6 heteroatoms. The Kier molecular flexibility index (Phi) is 2.40. The average Bonchev–Trinajstić information content (AvgIpc) is 2.61. The minimum atomic E-state index is -0.996. The lowest BCUT2D eigenvalue weighted by Gasteiger charge is -2.02. The Bertz CT molecular complexity index is 530. The summed E-state index contributed by atoms with van der Waals surface area (Å²) < 4.78 is 1.45. The Morgan fingerprint density at radius 1 is 1.31 bits per heavy atom. The summed E-state index contributed by atoms with van der Waals surface area (Å²) in [4.78, 5) is 10.8. The molecule has 0 unspecified atom stereocenters. The zero-order valence-electron chi connectivity index (χ0n) is 8.88. The van der Waals surface area contributed by atoms with Crippen molar-refractivity contribution >= 4 is 5.97 Å². The van der Waals surface area contributed by atoms with Crippen LogP contribution in [0.15, 0.2) is 18.3 Å². The summed E-state index contributed by atoms with van der Waals surface area (Å²) in [5.74, 6) is -0.487. The summed E-state index contributed by atoms with van der Waals surface area (Å²) in [6.07, 6.45) is 1.30. The molecule has 16 heavy (non-hydrogen) atoms. The number of aromatic carboxylic acids is 1. The highest BCUT2D eigenvalue weighted by molar-refractivity contribution is 5.88. The van der Waals surface area contributed by atoms with Gasteiger partial charge in [0, 0.05) is 0 Å². The zero-order valence-corrected chi connectivity index (χ0v) is 8.88. The molecule has 1 N–H and O–H groups in total. The molecule has 0 bridgehead atoms. The van der Waals surface area contributed by atoms with Gasteiger partial charge in [-0.3, -0.25) is 0 Å². The molecule has 2 aromatic rings. The molecule has 2 rings (SSSR count). The lowest BCUT2D eigenvalue weighted by molar-refractivity contribution is 0.0696. The van der Waals surface area contributed by atoms with Gasteiger partial charge in [0.2, 0.25) is 0 Å². The maximum atomic E-state index is 10.8. The summed E-state index contributed by atoms with van der Waals surface area (Å²) in [7, 11) is 0. The highest BCUT2D eigenvalue weighted by Gasteiger charge is 2.14. The van der Waals surface area contributed by atoms with Gasteiger partial charge >= 0.3 is 5.97 Å². The highest BCUT2D eigenvalue weighted by Crippen LogP contribution is 2.11. The van der Waals surface area contributed by atoms with Crippen molar-refractivity contribution in [3.8, 4) is 5.82 Å². The molecule has 6 nitrogen and oxygen atoms in total. The molecule has 2 heterocycles. The van der Waals surface area contributed by atoms with E-state index in [9.17, 15) is 4.79 Å². The van der Waals surface area contributed by atoms with Crippen molar-refractivity contribution in [2.24, 2.45) is 0 Å². The number of rotatable bonds is 2. The summed E-state index contributed by atoms with van der Waals surface area (Å²) >= 11 is 0. The second kappa shape index (κ2) is 3.73. The molecule has 0 amide bonds. The third-order valence-electron chi connectivity index (χ3n) is 2.24. The molecule has 0 saturated carbocycles. The Labute approximate surface area is 91.6 Å². The molecule has 0 radical (unpaired) electrons. The first-order valence-electron chi connectivity index (χ1n) is 4.68. The number of hydrogen-bond acceptors (Lipinski definition) is 4. The van der Waals surface area contributed by atoms with E-state index in [1.165, 1.54) is 10.9 Å². The lowest BCUT2D eigenvalue weighted by Crippen LogP contribution is -2.05. The Morgan fingerprint density at radius 2 is 2.06 bits per heavy atom. The van der Waals surface area contributed by atoms with Crippen molar-refractivity contribution in [3.63, 3.8) is 0 Å². The van der Waals surface area contributed by atoms with Gasteiger partial charge in [0.05, 0.1) is 17.6 Å². The second-order valence-corrected chi connectivity index (χ2v) is 3.39. The SMILES string of the molecule is Cc1ccc(-n2ncc(C(=O)O)c2C)nn1. The highest BCUT2D eigenvalue weighted by atomic mass is 16.4. The number of carboxylic acids is 1. The van der Waals surface area contributed by atoms with Crippen LogP contribution in [0.1, 0.15) is 21.7 Å². The Hall–Kier alpha value is -2.24. The first kappa shape index (κ1) is 10.3. The summed E-state index contributed by atoms with van der Waals surface area (Å²) in [5, 5.41) is 20.7. The van der Waals surface area contributed by atoms with Gasteiger partial charge in [-0.05, 0) is 26.0 Å². The first-order chi connectivity index (χ1) is 7.59. The monoisotopic (exact) mass is 218 g/mol. The van der Waals surface area contributed by atoms with E-state index in [0.29, 0.717) is 11.5 Å². The fourth-order valence-electron chi connectivity index (χ4n) is 1.36. The van der Waals surface area contributed by atoms with Gasteiger partial charge in [0.1, 0.15) is 5.56 Å². The number of aromatic nitrogens is 4. The first-order valence-corrected chi connectivity index (χ1v) is 4.68. The average molecular weight is 218 g/mol. The largest absolute Gasteiger partial charge is 0.478 e. The van der Waals surface area contributed by atoms with Gasteiger partial charge in [0.15, 0.2) is 5.82 Å². The molecule has 0 aliphatic heterocycles. The van der Waals surface area contributed by atoms with Crippen molar-refractivity contribution in [1.82, 2.24) is 20.0 Å². The summed E-state index contributed by atoms with van der Waals surface area (Å²) in [5.41, 5.74) is 1.50. The minimum absolute atomic E-state index is 0.169. The van der Waals surface area contributed by atoms with E-state index < -0.39 is 5.97 Å². The van der Waals surface area contributed by atoms with Crippen LogP contribution in [0, 0.1) is 13.8 Å². The molecule has 0 spiro atoms. The molecule has 0 saturated heterocycles. The van der Waals surface area contributed by atoms with E-state index in [-0.39, 0.29) is 5.56 Å². The molecular formula is C10H10N4O2. The Morgan fingerprint density at radius 3 is 2.56 bits per heavy atom. The van der Waals surface area contributed by atoms with Crippen LogP contribution in [0.4, 0.5) is 0 Å². The van der Waals surface area contributed by atoms with Crippen LogP contribution in [0.2, 0.25) is 0 Å². The van der Waals surface area contributed by atoms with Gasteiger partial charge in [-0.2, -0.15) is 10.2 Å². The molecule has 0 atom stereocenters. The molecule has 0 aliphatic rings. The van der Waals surface area contributed by atoms with E-state index in [2.05, 4.69) is 15.3 Å². The number of aryl methyl sites for hydroxylation is 1. The van der Waals surface area contributed by atoms with Gasteiger partial charge < -0.3 is 5.11 Å². The van der Waals surface area contributed by atoms with Crippen LogP contribution in [0.3, 0.4) is 0 Å². The standard InChI is InChI=1S/C10H10N4O2/c1-6-3-4-9(13-12-6)14-7(2)8(5-11-14)10(15)16/h3-5H,1-2H3,(H,15,16). The van der Waals surface area contributed by atoms with Crippen LogP contribution in [0.5, 0.6) is 0 Å². The van der Waals surface area contributed by atoms with Crippen molar-refractivity contribution in [1.29, 1.82) is 0 Å². The van der Waals surface area contributed by atoms with E-state index in [0.717, 1.165) is 5.69 Å². The predicted octanol–water partition coefficient (Wildman–Crippen LogP) is 0.977. The van der Waals surface area contributed by atoms with Crippen molar-refractivity contribution in [2.45, 2.75) is 13.8 Å². The molecule has 2 aromatic heterocycles. The van der Waals surface area contributed by atoms with Gasteiger partial charge in [-0.25, -0.2) is 9.48 Å². The third kappa shape index (κ3) is 1.65. The minimum Gasteiger partial charge on any atom is -0.478 e. The Balaban J connectivity index is 2.49. The van der Waals surface area contributed by atoms with Crippen molar-refractivity contribution in [3.05, 3.63) is 35.3 Å². The fraction of sp³-hybridized carbons (Fsp3) is 0.200. The molecular weight excluding hydrogens is 208 g/mol. The molecule has 0 aromatic carbocycles. The smallest absolute Gasteiger partial charge is 0.339 e. The maximum absolute atomic E-state index is 10.8. The van der Waals surface area contributed by atoms with Crippen LogP contribution in [0.25, 0.3) is 5.82 Å². The normalized spacial score (nSPS) is 10.4. The van der Waals surface area contributed by atoms with Crippen molar-refractivity contribution in [2.75, 3.05) is 0 Å². The third-order valence-corrected chi connectivity index (χ3v) is 2.24. The van der Waals surface area contributed by atoms with Crippen LogP contribution in [-0.4, -0.2) is 31.1 Å². The number of carboxylic acid groups (broad SMARTS) is 1. The van der Waals surface area contributed by atoms with E-state index in [4.69, 9.17) is 5.11 Å². The van der Waals surface area contributed by atoms with Crippen LogP contribution < -0.4 is 0 Å². The number of hydrogen-bond donors (Lipinski definition) is 1. The molecule has 0 aliphatic carbocycles. The zero-order chi connectivity index (χ0) is 11.7. The molecule has 82 valence electrons. The van der Waals surface area contributed by atoms with E-state index in [1.54, 1.807) is 19.1 Å². The summed E-state index contributed by atoms with van der Waals surface area (Å²) in [6.45, 7) is 3.51. The lowest BCUT2D eigenvalue weighted by atomic mass is 10.3. The van der Waals surface area contributed by atoms with Gasteiger partial charge in [0.25, 0.3) is 0 Å². The summed E-state index contributed by atoms with van der Waals surface area (Å²) in [6, 6.07) is 3.54. The quantitative estimate of drug-likeness (QED) is 0.812. The maximum Gasteiger partial charge on any atom is 0.339 e. The predicted molar refractivity (Wildman–Crippen MR) is 55.6 cm³/mol. The number of carbonyl (C=O) groups is 1.